The van der Waals surface area contributed by atoms with Crippen LogP contribution in [0.15, 0.2) is 0 Å². The zero-order valence-corrected chi connectivity index (χ0v) is 10.6. The summed E-state index contributed by atoms with van der Waals surface area (Å²) < 4.78 is 0. The van der Waals surface area contributed by atoms with Gasteiger partial charge in [-0.15, -0.1) is 0 Å². The molecule has 0 saturated carbocycles. The van der Waals surface area contributed by atoms with Crippen LogP contribution in [0.25, 0.3) is 0 Å². The fourth-order valence-corrected chi connectivity index (χ4v) is 1.37. The van der Waals surface area contributed by atoms with Gasteiger partial charge in [-0.05, 0) is 26.2 Å². The smallest absolute Gasteiger partial charge is 0.237 e. The van der Waals surface area contributed by atoms with Crippen molar-refractivity contribution in [3.8, 4) is 0 Å². The Morgan fingerprint density at radius 3 is 2.27 bits per heavy atom. The predicted molar refractivity (Wildman–Crippen MR) is 64.6 cm³/mol. The fourth-order valence-electron chi connectivity index (χ4n) is 1.37. The van der Waals surface area contributed by atoms with Gasteiger partial charge in [0.1, 0.15) is 0 Å². The highest BCUT2D eigenvalue weighted by atomic mass is 16.2. The quantitative estimate of drug-likeness (QED) is 0.682. The topological polar surface area (TPSA) is 55.1 Å². The number of hydrogen-bond donors (Lipinski definition) is 2. The monoisotopic (exact) mass is 214 g/mol. The van der Waals surface area contributed by atoms with Gasteiger partial charge in [0.05, 0.1) is 6.04 Å². The van der Waals surface area contributed by atoms with E-state index in [1.807, 2.05) is 0 Å². The number of rotatable bonds is 7. The highest BCUT2D eigenvalue weighted by Crippen LogP contribution is 2.13. The average Bonchev–Trinajstić information content (AvgIpc) is 2.25. The van der Waals surface area contributed by atoms with Gasteiger partial charge in [-0.1, -0.05) is 33.6 Å². The second-order valence-corrected chi connectivity index (χ2v) is 4.51. The van der Waals surface area contributed by atoms with E-state index in [2.05, 4.69) is 33.0 Å². The first kappa shape index (κ1) is 14.4. The summed E-state index contributed by atoms with van der Waals surface area (Å²) in [5.41, 5.74) is 5.71. The largest absolute Gasteiger partial charge is 0.350 e. The first-order chi connectivity index (χ1) is 6.99. The SMILES string of the molecule is CCCCC(N)C(=O)NC(C)(CC)CC. The zero-order chi connectivity index (χ0) is 11.9. The average molecular weight is 214 g/mol. The standard InChI is InChI=1S/C12H26N2O/c1-5-8-9-10(13)11(15)14-12(4,6-2)7-3/h10H,5-9,13H2,1-4H3,(H,14,15). The summed E-state index contributed by atoms with van der Waals surface area (Å²) in [4.78, 5) is 11.7. The second kappa shape index (κ2) is 6.83. The van der Waals surface area contributed by atoms with Crippen LogP contribution in [0.1, 0.15) is 59.8 Å². The van der Waals surface area contributed by atoms with Crippen molar-refractivity contribution >= 4 is 5.91 Å². The molecule has 0 aliphatic carbocycles. The lowest BCUT2D eigenvalue weighted by Gasteiger charge is -2.29. The summed E-state index contributed by atoms with van der Waals surface area (Å²) in [5.74, 6) is -0.00495. The molecular weight excluding hydrogens is 188 g/mol. The summed E-state index contributed by atoms with van der Waals surface area (Å²) in [6, 6.07) is -0.345. The summed E-state index contributed by atoms with van der Waals surface area (Å²) in [7, 11) is 0. The minimum absolute atomic E-state index is 0.00495. The van der Waals surface area contributed by atoms with E-state index in [-0.39, 0.29) is 17.5 Å². The molecule has 0 radical (unpaired) electrons. The minimum atomic E-state index is -0.345. The number of amides is 1. The van der Waals surface area contributed by atoms with Gasteiger partial charge in [-0.25, -0.2) is 0 Å². The Morgan fingerprint density at radius 1 is 1.33 bits per heavy atom. The number of hydrogen-bond acceptors (Lipinski definition) is 2. The number of unbranched alkanes of at least 4 members (excludes halogenated alkanes) is 1. The molecule has 0 saturated heterocycles. The van der Waals surface area contributed by atoms with E-state index >= 15 is 0 Å². The van der Waals surface area contributed by atoms with Gasteiger partial charge in [0.15, 0.2) is 0 Å². The molecule has 3 N–H and O–H groups in total. The molecule has 0 aliphatic rings. The van der Waals surface area contributed by atoms with Crippen molar-refractivity contribution in [2.24, 2.45) is 5.73 Å². The lowest BCUT2D eigenvalue weighted by Crippen LogP contribution is -2.51. The first-order valence-corrected chi connectivity index (χ1v) is 6.06. The van der Waals surface area contributed by atoms with Crippen LogP contribution >= 0.6 is 0 Å². The Labute approximate surface area is 93.8 Å². The van der Waals surface area contributed by atoms with Crippen molar-refractivity contribution < 1.29 is 4.79 Å². The normalized spacial score (nSPS) is 13.7. The van der Waals surface area contributed by atoms with Crippen molar-refractivity contribution in [3.63, 3.8) is 0 Å². The van der Waals surface area contributed by atoms with Crippen molar-refractivity contribution in [3.05, 3.63) is 0 Å². The lowest BCUT2D eigenvalue weighted by molar-refractivity contribution is -0.124. The maximum Gasteiger partial charge on any atom is 0.237 e. The Morgan fingerprint density at radius 2 is 1.87 bits per heavy atom. The molecule has 0 bridgehead atoms. The van der Waals surface area contributed by atoms with Crippen LogP contribution in [0.3, 0.4) is 0 Å². The molecule has 90 valence electrons. The molecule has 1 unspecified atom stereocenters. The van der Waals surface area contributed by atoms with Crippen molar-refractivity contribution in [2.75, 3.05) is 0 Å². The molecule has 0 rings (SSSR count). The van der Waals surface area contributed by atoms with E-state index in [9.17, 15) is 4.79 Å². The second-order valence-electron chi connectivity index (χ2n) is 4.51. The lowest BCUT2D eigenvalue weighted by atomic mass is 9.95. The number of nitrogens with two attached hydrogens (primary N) is 1. The zero-order valence-electron chi connectivity index (χ0n) is 10.6. The maximum absolute atomic E-state index is 11.7. The van der Waals surface area contributed by atoms with E-state index in [0.29, 0.717) is 0 Å². The number of carbonyl (C=O) groups excluding carboxylic acids is 1. The van der Waals surface area contributed by atoms with E-state index < -0.39 is 0 Å². The van der Waals surface area contributed by atoms with Crippen LogP contribution in [-0.4, -0.2) is 17.5 Å². The molecule has 0 aromatic carbocycles. The third-order valence-corrected chi connectivity index (χ3v) is 3.19. The van der Waals surface area contributed by atoms with Gasteiger partial charge in [0.25, 0.3) is 0 Å². The van der Waals surface area contributed by atoms with E-state index in [4.69, 9.17) is 5.73 Å². The summed E-state index contributed by atoms with van der Waals surface area (Å²) in [6.45, 7) is 8.34. The molecule has 0 aromatic heterocycles. The predicted octanol–water partition coefficient (Wildman–Crippen LogP) is 2.20. The molecule has 0 aromatic rings. The van der Waals surface area contributed by atoms with Crippen molar-refractivity contribution in [2.45, 2.75) is 71.4 Å². The van der Waals surface area contributed by atoms with Crippen LogP contribution < -0.4 is 11.1 Å². The van der Waals surface area contributed by atoms with Crippen LogP contribution in [0.4, 0.5) is 0 Å². The van der Waals surface area contributed by atoms with Crippen LogP contribution in [0.2, 0.25) is 0 Å². The molecule has 1 amide bonds. The van der Waals surface area contributed by atoms with Crippen molar-refractivity contribution in [1.29, 1.82) is 0 Å². The van der Waals surface area contributed by atoms with Gasteiger partial charge in [0, 0.05) is 5.54 Å². The molecule has 0 spiro atoms. The Kier molecular flexibility index (Phi) is 6.57. The molecule has 0 aliphatic heterocycles. The van der Waals surface area contributed by atoms with Crippen LogP contribution in [0.5, 0.6) is 0 Å². The first-order valence-electron chi connectivity index (χ1n) is 6.06. The van der Waals surface area contributed by atoms with Gasteiger partial charge in [-0.3, -0.25) is 4.79 Å². The summed E-state index contributed by atoms with van der Waals surface area (Å²) >= 11 is 0. The Bertz CT molecular complexity index is 188. The molecule has 15 heavy (non-hydrogen) atoms. The molecule has 0 fully saturated rings. The highest BCUT2D eigenvalue weighted by molar-refractivity contribution is 5.82. The molecule has 0 heterocycles. The molecule has 1 atom stereocenters. The highest BCUT2D eigenvalue weighted by Gasteiger charge is 2.24. The van der Waals surface area contributed by atoms with Gasteiger partial charge < -0.3 is 11.1 Å². The third-order valence-electron chi connectivity index (χ3n) is 3.19. The Balaban J connectivity index is 4.10. The molecule has 3 nitrogen and oxygen atoms in total. The minimum Gasteiger partial charge on any atom is -0.350 e. The van der Waals surface area contributed by atoms with Gasteiger partial charge in [0.2, 0.25) is 5.91 Å². The summed E-state index contributed by atoms with van der Waals surface area (Å²) in [5, 5.41) is 3.04. The number of carbonyl (C=O) groups is 1. The Hall–Kier alpha value is -0.570. The van der Waals surface area contributed by atoms with E-state index in [1.54, 1.807) is 0 Å². The molecular formula is C12H26N2O. The van der Waals surface area contributed by atoms with Crippen LogP contribution in [-0.2, 0) is 4.79 Å². The van der Waals surface area contributed by atoms with Gasteiger partial charge >= 0.3 is 0 Å². The van der Waals surface area contributed by atoms with E-state index in [0.717, 1.165) is 32.1 Å². The van der Waals surface area contributed by atoms with Crippen molar-refractivity contribution in [1.82, 2.24) is 5.32 Å². The number of nitrogens with one attached hydrogen (secondary N) is 1. The summed E-state index contributed by atoms with van der Waals surface area (Å²) in [6.07, 6.45) is 4.76. The maximum atomic E-state index is 11.7. The van der Waals surface area contributed by atoms with Crippen LogP contribution in [0, 0.1) is 0 Å². The van der Waals surface area contributed by atoms with Gasteiger partial charge in [-0.2, -0.15) is 0 Å². The fraction of sp³-hybridized carbons (Fsp3) is 0.917. The van der Waals surface area contributed by atoms with E-state index in [1.165, 1.54) is 0 Å². The third kappa shape index (κ3) is 5.17. The molecule has 3 heteroatoms.